The molecule has 0 bridgehead atoms. The number of aromatic amines is 1. The normalized spacial score (nSPS) is 19.6. The van der Waals surface area contributed by atoms with Gasteiger partial charge in [-0.15, -0.1) is 0 Å². The third-order valence-electron chi connectivity index (χ3n) is 6.60. The molecule has 11 heteroatoms. The van der Waals surface area contributed by atoms with Crippen LogP contribution in [0.3, 0.4) is 0 Å². The van der Waals surface area contributed by atoms with Gasteiger partial charge in [0.25, 0.3) is 0 Å². The smallest absolute Gasteiger partial charge is 0.330 e. The Bertz CT molecular complexity index is 1210. The zero-order valence-corrected chi connectivity index (χ0v) is 20.9. The van der Waals surface area contributed by atoms with Crippen LogP contribution in [0.1, 0.15) is 32.1 Å². The standard InChI is InChI=1S/C25H29ClN6O4/c1-36-25(35)17(13-27)23(29-19-9-6-7-16-18(26)14-28-22(16)19)30-20-8-2-3-12-32(24(20)34)15-21(33)31-10-4-5-11-31/h6-7,9,14,17,20,28H,2-5,8,10-12,15H2,1H3,(H,29,30)/t17?,20-/m0/s1. The van der Waals surface area contributed by atoms with Crippen molar-refractivity contribution in [3.8, 4) is 6.07 Å². The molecule has 0 spiro atoms. The van der Waals surface area contributed by atoms with E-state index in [1.165, 1.54) is 7.11 Å². The summed E-state index contributed by atoms with van der Waals surface area (Å²) in [4.78, 5) is 49.6. The van der Waals surface area contributed by atoms with E-state index in [0.29, 0.717) is 42.3 Å². The van der Waals surface area contributed by atoms with Crippen molar-refractivity contribution in [2.24, 2.45) is 10.9 Å². The predicted molar refractivity (Wildman–Crippen MR) is 136 cm³/mol. The van der Waals surface area contributed by atoms with Gasteiger partial charge in [-0.3, -0.25) is 19.4 Å². The molecule has 2 aliphatic rings. The molecule has 1 aromatic carbocycles. The maximum absolute atomic E-state index is 13.4. The number of carbonyl (C=O) groups excluding carboxylic acids is 3. The molecule has 2 fully saturated rings. The Balaban J connectivity index is 1.64. The number of fused-ring (bicyclic) bond motifs is 1. The molecule has 2 aliphatic heterocycles. The van der Waals surface area contributed by atoms with E-state index >= 15 is 0 Å². The third-order valence-corrected chi connectivity index (χ3v) is 6.91. The van der Waals surface area contributed by atoms with Crippen LogP contribution in [0.5, 0.6) is 0 Å². The number of anilines is 1. The summed E-state index contributed by atoms with van der Waals surface area (Å²) >= 11 is 6.24. The van der Waals surface area contributed by atoms with Gasteiger partial charge in [0.1, 0.15) is 11.9 Å². The van der Waals surface area contributed by atoms with E-state index in [-0.39, 0.29) is 24.2 Å². The summed E-state index contributed by atoms with van der Waals surface area (Å²) < 4.78 is 4.83. The zero-order chi connectivity index (χ0) is 25.7. The molecule has 0 aliphatic carbocycles. The lowest BCUT2D eigenvalue weighted by Gasteiger charge is -2.25. The number of ether oxygens (including phenoxy) is 1. The van der Waals surface area contributed by atoms with Crippen LogP contribution in [0.25, 0.3) is 10.9 Å². The summed E-state index contributed by atoms with van der Waals surface area (Å²) in [6, 6.07) is 6.47. The van der Waals surface area contributed by atoms with Gasteiger partial charge in [0.05, 0.1) is 36.0 Å². The molecule has 2 N–H and O–H groups in total. The highest BCUT2D eigenvalue weighted by molar-refractivity contribution is 6.36. The Labute approximate surface area is 214 Å². The third kappa shape index (κ3) is 5.46. The molecule has 190 valence electrons. The van der Waals surface area contributed by atoms with Crippen molar-refractivity contribution in [1.29, 1.82) is 5.26 Å². The number of rotatable bonds is 6. The monoisotopic (exact) mass is 512 g/mol. The second kappa shape index (κ2) is 11.4. The number of likely N-dealkylation sites (tertiary alicyclic amines) is 2. The highest BCUT2D eigenvalue weighted by atomic mass is 35.5. The van der Waals surface area contributed by atoms with Crippen LogP contribution >= 0.6 is 11.6 Å². The van der Waals surface area contributed by atoms with Gasteiger partial charge in [0.15, 0.2) is 0 Å². The number of halogens is 1. The highest BCUT2D eigenvalue weighted by Crippen LogP contribution is 2.29. The van der Waals surface area contributed by atoms with Gasteiger partial charge in [-0.05, 0) is 38.2 Å². The van der Waals surface area contributed by atoms with Crippen LogP contribution in [0, 0.1) is 17.2 Å². The van der Waals surface area contributed by atoms with Crippen LogP contribution in [0.15, 0.2) is 29.4 Å². The van der Waals surface area contributed by atoms with E-state index in [1.807, 2.05) is 12.1 Å². The van der Waals surface area contributed by atoms with Gasteiger partial charge in [0, 0.05) is 31.2 Å². The molecular weight excluding hydrogens is 484 g/mol. The van der Waals surface area contributed by atoms with Crippen LogP contribution in [-0.4, -0.2) is 77.7 Å². The van der Waals surface area contributed by atoms with Gasteiger partial charge in [-0.25, -0.2) is 0 Å². The van der Waals surface area contributed by atoms with Gasteiger partial charge in [-0.1, -0.05) is 23.7 Å². The number of benzene rings is 1. The van der Waals surface area contributed by atoms with Crippen molar-refractivity contribution in [2.45, 2.75) is 38.1 Å². The Morgan fingerprint density at radius 2 is 2.03 bits per heavy atom. The first-order chi connectivity index (χ1) is 17.4. The molecule has 2 atom stereocenters. The minimum Gasteiger partial charge on any atom is -0.468 e. The number of hydrogen-bond acceptors (Lipinski definition) is 6. The molecule has 4 rings (SSSR count). The average Bonchev–Trinajstić information content (AvgIpc) is 3.52. The van der Waals surface area contributed by atoms with Gasteiger partial charge in [0.2, 0.25) is 17.7 Å². The van der Waals surface area contributed by atoms with Crippen molar-refractivity contribution in [3.63, 3.8) is 0 Å². The van der Waals surface area contributed by atoms with Crippen LogP contribution in [-0.2, 0) is 19.1 Å². The Morgan fingerprint density at radius 3 is 2.75 bits per heavy atom. The van der Waals surface area contributed by atoms with Gasteiger partial charge >= 0.3 is 5.97 Å². The van der Waals surface area contributed by atoms with Crippen molar-refractivity contribution in [1.82, 2.24) is 14.8 Å². The van der Waals surface area contributed by atoms with E-state index < -0.39 is 17.9 Å². The van der Waals surface area contributed by atoms with E-state index in [1.54, 1.807) is 28.1 Å². The quantitative estimate of drug-likeness (QED) is 0.347. The number of nitrogens with one attached hydrogen (secondary N) is 2. The molecule has 1 unspecified atom stereocenters. The van der Waals surface area contributed by atoms with Crippen LogP contribution < -0.4 is 5.32 Å². The largest absolute Gasteiger partial charge is 0.468 e. The maximum Gasteiger partial charge on any atom is 0.330 e. The van der Waals surface area contributed by atoms with E-state index in [0.717, 1.165) is 31.1 Å². The number of hydrogen-bond donors (Lipinski definition) is 2. The number of para-hydroxylation sites is 1. The second-order valence-electron chi connectivity index (χ2n) is 8.95. The minimum atomic E-state index is -1.37. The highest BCUT2D eigenvalue weighted by Gasteiger charge is 2.33. The van der Waals surface area contributed by atoms with E-state index in [2.05, 4.69) is 15.3 Å². The second-order valence-corrected chi connectivity index (χ2v) is 9.36. The summed E-state index contributed by atoms with van der Waals surface area (Å²) in [6.07, 6.45) is 5.50. The van der Waals surface area contributed by atoms with E-state index in [9.17, 15) is 19.6 Å². The lowest BCUT2D eigenvalue weighted by molar-refractivity contribution is -0.141. The van der Waals surface area contributed by atoms with Crippen LogP contribution in [0.4, 0.5) is 5.69 Å². The van der Waals surface area contributed by atoms with Crippen molar-refractivity contribution >= 4 is 51.8 Å². The molecule has 3 heterocycles. The Hall–Kier alpha value is -3.58. The minimum absolute atomic E-state index is 0.00653. The molecule has 0 radical (unpaired) electrons. The zero-order valence-electron chi connectivity index (χ0n) is 20.1. The summed E-state index contributed by atoms with van der Waals surface area (Å²) in [5.74, 6) is -2.51. The molecule has 36 heavy (non-hydrogen) atoms. The lowest BCUT2D eigenvalue weighted by atomic mass is 10.1. The number of carbonyl (C=O) groups is 3. The number of aliphatic imine (C=N–C) groups is 1. The fraction of sp³-hybridized carbons (Fsp3) is 0.480. The Morgan fingerprint density at radius 1 is 1.28 bits per heavy atom. The lowest BCUT2D eigenvalue weighted by Crippen LogP contribution is -2.45. The maximum atomic E-state index is 13.4. The molecule has 2 amide bonds. The fourth-order valence-corrected chi connectivity index (χ4v) is 4.86. The molecular formula is C25H29ClN6O4. The number of aromatic nitrogens is 1. The molecule has 2 aromatic rings. The molecule has 10 nitrogen and oxygen atoms in total. The first-order valence-electron chi connectivity index (χ1n) is 12.1. The fourth-order valence-electron chi connectivity index (χ4n) is 4.64. The number of amidine groups is 1. The topological polar surface area (TPSA) is 131 Å². The van der Waals surface area contributed by atoms with Gasteiger partial charge < -0.3 is 24.8 Å². The SMILES string of the molecule is COC(=O)C(C#N)C(=N[C@H]1CCCCN(CC(=O)N2CCCC2)C1=O)Nc1cccc2c(Cl)c[nH]c12. The van der Waals surface area contributed by atoms with Crippen molar-refractivity contribution in [3.05, 3.63) is 29.4 Å². The summed E-state index contributed by atoms with van der Waals surface area (Å²) in [6.45, 7) is 1.90. The first-order valence-corrected chi connectivity index (χ1v) is 12.4. The number of methoxy groups -OCH3 is 1. The molecule has 1 aromatic heterocycles. The number of amides is 2. The van der Waals surface area contributed by atoms with E-state index in [4.69, 9.17) is 16.3 Å². The molecule has 0 saturated carbocycles. The number of nitriles is 1. The Kier molecular flexibility index (Phi) is 8.10. The predicted octanol–water partition coefficient (Wildman–Crippen LogP) is 2.95. The number of H-pyrrole nitrogens is 1. The first kappa shape index (κ1) is 25.5. The number of esters is 1. The average molecular weight is 513 g/mol. The van der Waals surface area contributed by atoms with Crippen LogP contribution in [0.2, 0.25) is 5.02 Å². The summed E-state index contributed by atoms with van der Waals surface area (Å²) in [5, 5.41) is 14.1. The summed E-state index contributed by atoms with van der Waals surface area (Å²) in [5.41, 5.74) is 1.21. The van der Waals surface area contributed by atoms with Crippen molar-refractivity contribution in [2.75, 3.05) is 38.6 Å². The molecule has 2 saturated heterocycles. The summed E-state index contributed by atoms with van der Waals surface area (Å²) in [7, 11) is 1.19. The van der Waals surface area contributed by atoms with Crippen molar-refractivity contribution < 1.29 is 19.1 Å². The van der Waals surface area contributed by atoms with Gasteiger partial charge in [-0.2, -0.15) is 5.26 Å². The number of nitrogens with zero attached hydrogens (tertiary/aromatic N) is 4.